The molecule has 3 aromatic carbocycles. The molecule has 0 aliphatic rings. The molecule has 4 rings (SSSR count). The third-order valence-electron chi connectivity index (χ3n) is 6.31. The molecule has 1 aromatic heterocycles. The Kier molecular flexibility index (Phi) is 9.66. The highest BCUT2D eigenvalue weighted by atomic mass is 32.2. The molecule has 0 saturated heterocycles. The molecule has 2 N–H and O–H groups in total. The highest BCUT2D eigenvalue weighted by Gasteiger charge is 2.20. The second-order valence-corrected chi connectivity index (χ2v) is 12.7. The third kappa shape index (κ3) is 7.16. The van der Waals surface area contributed by atoms with E-state index >= 15 is 0 Å². The van der Waals surface area contributed by atoms with Crippen LogP contribution in [0.4, 0.5) is 5.69 Å². The van der Waals surface area contributed by atoms with Crippen LogP contribution in [0.3, 0.4) is 0 Å². The van der Waals surface area contributed by atoms with Gasteiger partial charge in [-0.3, -0.25) is 14.2 Å². The van der Waals surface area contributed by atoms with E-state index in [1.807, 2.05) is 36.6 Å². The highest BCUT2D eigenvalue weighted by molar-refractivity contribution is 7.99. The highest BCUT2D eigenvalue weighted by Crippen LogP contribution is 2.26. The minimum atomic E-state index is -3.60. The van der Waals surface area contributed by atoms with E-state index in [0.717, 1.165) is 21.1 Å². The van der Waals surface area contributed by atoms with E-state index < -0.39 is 15.9 Å². The maximum Gasteiger partial charge on any atom is 0.251 e. The number of anilines is 1. The van der Waals surface area contributed by atoms with Crippen molar-refractivity contribution >= 4 is 39.3 Å². The molecular weight excluding hydrogens is 576 g/mol. The van der Waals surface area contributed by atoms with Crippen molar-refractivity contribution in [2.24, 2.45) is 0 Å². The van der Waals surface area contributed by atoms with Crippen molar-refractivity contribution in [2.45, 2.75) is 30.4 Å². The van der Waals surface area contributed by atoms with Crippen LogP contribution in [0, 0.1) is 13.8 Å². The van der Waals surface area contributed by atoms with Gasteiger partial charge in [0.2, 0.25) is 15.9 Å². The number of hydrogen-bond acceptors (Lipinski definition) is 8. The van der Waals surface area contributed by atoms with E-state index in [9.17, 15) is 18.0 Å². The summed E-state index contributed by atoms with van der Waals surface area (Å²) in [6.07, 6.45) is 0. The fraction of sp³-hybridized carbons (Fsp3) is 0.241. The molecule has 4 aromatic rings. The van der Waals surface area contributed by atoms with E-state index in [2.05, 4.69) is 20.8 Å². The number of benzene rings is 3. The fourth-order valence-electron chi connectivity index (χ4n) is 3.96. The summed E-state index contributed by atoms with van der Waals surface area (Å²) in [5.74, 6) is 0.645. The third-order valence-corrected chi connectivity index (χ3v) is 9.07. The fourth-order valence-corrected chi connectivity index (χ4v) is 5.63. The summed E-state index contributed by atoms with van der Waals surface area (Å²) in [4.78, 5) is 25.7. The summed E-state index contributed by atoms with van der Waals surface area (Å²) in [5.41, 5.74) is 3.78. The summed E-state index contributed by atoms with van der Waals surface area (Å²) < 4.78 is 32.8. The summed E-state index contributed by atoms with van der Waals surface area (Å²) >= 11 is 1.23. The SMILES string of the molecule is COc1ccc(NC(=O)CSc2nnc(CNC(=O)c3ccc(S(=O)(=O)N(C)C)cc3)n2-c2cc(C)ccc2C)cc1. The van der Waals surface area contributed by atoms with E-state index in [1.54, 1.807) is 31.4 Å². The van der Waals surface area contributed by atoms with Crippen molar-refractivity contribution in [3.63, 3.8) is 0 Å². The van der Waals surface area contributed by atoms with Crippen molar-refractivity contribution < 1.29 is 22.7 Å². The Hall–Kier alpha value is -4.20. The Morgan fingerprint density at radius 2 is 1.67 bits per heavy atom. The Balaban J connectivity index is 1.51. The van der Waals surface area contributed by atoms with Gasteiger partial charge in [0.1, 0.15) is 5.75 Å². The molecule has 220 valence electrons. The van der Waals surface area contributed by atoms with E-state index in [4.69, 9.17) is 4.74 Å². The zero-order valence-electron chi connectivity index (χ0n) is 23.9. The van der Waals surface area contributed by atoms with Gasteiger partial charge in [0.15, 0.2) is 11.0 Å². The minimum Gasteiger partial charge on any atom is -0.497 e. The maximum absolute atomic E-state index is 12.9. The molecule has 0 aliphatic heterocycles. The number of hydrogen-bond donors (Lipinski definition) is 2. The zero-order valence-corrected chi connectivity index (χ0v) is 25.5. The molecule has 0 aliphatic carbocycles. The number of thioether (sulfide) groups is 1. The number of carbonyl (C=O) groups excluding carboxylic acids is 2. The number of amides is 2. The molecule has 0 radical (unpaired) electrons. The summed E-state index contributed by atoms with van der Waals surface area (Å²) in [6, 6.07) is 18.7. The first-order valence-corrected chi connectivity index (χ1v) is 15.3. The molecule has 0 saturated carbocycles. The van der Waals surface area contributed by atoms with Crippen LogP contribution in [0.1, 0.15) is 27.3 Å². The average molecular weight is 609 g/mol. The second-order valence-electron chi connectivity index (χ2n) is 9.58. The van der Waals surface area contributed by atoms with Gasteiger partial charge in [-0.05, 0) is 79.6 Å². The van der Waals surface area contributed by atoms with Crippen LogP contribution >= 0.6 is 11.8 Å². The number of sulfonamides is 1. The van der Waals surface area contributed by atoms with Crippen LogP contribution in [0.2, 0.25) is 0 Å². The predicted octanol–water partition coefficient (Wildman–Crippen LogP) is 3.80. The second kappa shape index (κ2) is 13.2. The van der Waals surface area contributed by atoms with Crippen molar-refractivity contribution in [3.8, 4) is 11.4 Å². The zero-order chi connectivity index (χ0) is 30.4. The van der Waals surface area contributed by atoms with Gasteiger partial charge in [-0.25, -0.2) is 12.7 Å². The van der Waals surface area contributed by atoms with Crippen LogP contribution < -0.4 is 15.4 Å². The number of methoxy groups -OCH3 is 1. The molecule has 11 nitrogen and oxygen atoms in total. The molecule has 0 unspecified atom stereocenters. The topological polar surface area (TPSA) is 136 Å². The molecule has 2 amide bonds. The number of nitrogens with zero attached hydrogens (tertiary/aromatic N) is 4. The van der Waals surface area contributed by atoms with Gasteiger partial charge < -0.3 is 15.4 Å². The van der Waals surface area contributed by atoms with Gasteiger partial charge >= 0.3 is 0 Å². The van der Waals surface area contributed by atoms with Crippen LogP contribution in [0.25, 0.3) is 5.69 Å². The number of ether oxygens (including phenoxy) is 1. The maximum atomic E-state index is 12.9. The van der Waals surface area contributed by atoms with Gasteiger partial charge in [-0.1, -0.05) is 23.9 Å². The van der Waals surface area contributed by atoms with Crippen molar-refractivity contribution in [1.29, 1.82) is 0 Å². The van der Waals surface area contributed by atoms with Crippen molar-refractivity contribution in [3.05, 3.63) is 89.2 Å². The molecule has 0 atom stereocenters. The van der Waals surface area contributed by atoms with E-state index in [1.165, 1.54) is 50.1 Å². The average Bonchev–Trinajstić information content (AvgIpc) is 3.38. The number of carbonyl (C=O) groups is 2. The Morgan fingerprint density at radius 1 is 0.976 bits per heavy atom. The van der Waals surface area contributed by atoms with Gasteiger partial charge in [0.05, 0.1) is 30.0 Å². The van der Waals surface area contributed by atoms with Gasteiger partial charge in [-0.2, -0.15) is 0 Å². The summed E-state index contributed by atoms with van der Waals surface area (Å²) in [7, 11) is 0.866. The van der Waals surface area contributed by atoms with Crippen LogP contribution in [0.5, 0.6) is 5.75 Å². The first kappa shape index (κ1) is 30.8. The lowest BCUT2D eigenvalue weighted by Gasteiger charge is -2.14. The van der Waals surface area contributed by atoms with Crippen molar-refractivity contribution in [1.82, 2.24) is 24.4 Å². The summed E-state index contributed by atoms with van der Waals surface area (Å²) in [5, 5.41) is 14.8. The first-order chi connectivity index (χ1) is 20.0. The lowest BCUT2D eigenvalue weighted by molar-refractivity contribution is -0.113. The van der Waals surface area contributed by atoms with Crippen LogP contribution in [-0.2, 0) is 21.4 Å². The standard InChI is InChI=1S/C29H32N6O5S2/c1-19-6-7-20(2)25(16-19)35-26(17-30-28(37)21-8-14-24(15-9-21)42(38,39)34(3)4)32-33-29(35)41-18-27(36)31-22-10-12-23(40-5)13-11-22/h6-16H,17-18H2,1-5H3,(H,30,37)(H,31,36). The number of aryl methyl sites for hydroxylation is 2. The largest absolute Gasteiger partial charge is 0.497 e. The monoisotopic (exact) mass is 608 g/mol. The molecule has 0 spiro atoms. The molecule has 13 heteroatoms. The molecule has 42 heavy (non-hydrogen) atoms. The Bertz CT molecular complexity index is 1680. The van der Waals surface area contributed by atoms with Crippen LogP contribution in [-0.4, -0.2) is 66.3 Å². The lowest BCUT2D eigenvalue weighted by Crippen LogP contribution is -2.25. The summed E-state index contributed by atoms with van der Waals surface area (Å²) in [6.45, 7) is 3.99. The van der Waals surface area contributed by atoms with Crippen molar-refractivity contribution in [2.75, 3.05) is 32.3 Å². The Morgan fingerprint density at radius 3 is 2.31 bits per heavy atom. The smallest absolute Gasteiger partial charge is 0.251 e. The molecule has 0 fully saturated rings. The minimum absolute atomic E-state index is 0.0512. The van der Waals surface area contributed by atoms with Gasteiger partial charge in [0.25, 0.3) is 5.91 Å². The van der Waals surface area contributed by atoms with Gasteiger partial charge in [-0.15, -0.1) is 10.2 Å². The lowest BCUT2D eigenvalue weighted by atomic mass is 10.1. The van der Waals surface area contributed by atoms with Gasteiger partial charge in [0, 0.05) is 25.3 Å². The predicted molar refractivity (Wildman–Crippen MR) is 162 cm³/mol. The Labute approximate surface area is 249 Å². The quantitative estimate of drug-likeness (QED) is 0.246. The number of rotatable bonds is 11. The van der Waals surface area contributed by atoms with E-state index in [0.29, 0.717) is 28.0 Å². The first-order valence-electron chi connectivity index (χ1n) is 12.9. The normalized spacial score (nSPS) is 11.4. The molecule has 0 bridgehead atoms. The molecular formula is C29H32N6O5S2. The number of nitrogens with one attached hydrogen (secondary N) is 2. The number of aromatic nitrogens is 3. The molecule has 1 heterocycles. The van der Waals surface area contributed by atoms with Crippen LogP contribution in [0.15, 0.2) is 76.8 Å². The van der Waals surface area contributed by atoms with E-state index in [-0.39, 0.29) is 23.1 Å².